The molecule has 0 saturated carbocycles. The lowest BCUT2D eigenvalue weighted by atomic mass is 9.78. The smallest absolute Gasteiger partial charge is 0.193 e. The highest BCUT2D eigenvalue weighted by Gasteiger charge is 2.62. The maximum atomic E-state index is 14.8. The van der Waals surface area contributed by atoms with Crippen LogP contribution in [0.4, 0.5) is 0 Å². The molecular weight excluding hydrogens is 1930 g/mol. The van der Waals surface area contributed by atoms with Crippen molar-refractivity contribution in [2.75, 3.05) is 0 Å². The molecule has 26 heteroatoms. The molecule has 16 aliphatic heterocycles. The minimum absolute atomic E-state index is 0.00835. The normalized spacial score (nSPS) is 38.7. The third-order valence-electron chi connectivity index (χ3n) is 39.9. The number of carbonyl (C=O) groups is 3. The van der Waals surface area contributed by atoms with Crippen LogP contribution in [0.2, 0.25) is 109 Å². The Morgan fingerprint density at radius 3 is 1.00 bits per heavy atom. The zero-order chi connectivity index (χ0) is 109. The molecule has 9 unspecified atom stereocenters. The van der Waals surface area contributed by atoms with E-state index in [1.54, 1.807) is 6.08 Å². The number of ketones is 3. The molecule has 16 heterocycles. The number of hydrogen-bond acceptors (Lipinski definition) is 20. The SMILES string of the molecule is C=C1CC2CCC(=O)/C=C/[C@H](O[Si](C)(C)C(C)(C)C)[C@@H]3O[C@H]4CCC(CC(=O)C[C@@H]5[C@@H](C)[C@@H](C[C@H](C)CC)O[C@H]5CC5O[C@@H](CCC1O2)C[C@@H](C)C5=C)O[C@@H]4[C@H](O[Si](C)(C)C(C)(C)C)[C@@H]3O[Si](C)(C)C(C)(C)C.C=C1CC2CCC(O)/C=C/[C@H](O[Si](C)(C)C(C)(C)C)[C@@H]3O[C@H]4CCC(CC(=O)C[C@@H]5[C@@H](C)[C@@H](C[C@H](C)CC)O[C@H]5CC5O[C@@H](CCC1O2)C[C@@H](C)C5=C)O[C@@H]4[C@H](O[Si](C)(C)C(C)(C)C)[C@@H]3O[Si](C)(C)C(C)(C)C. The van der Waals surface area contributed by atoms with Gasteiger partial charge in [-0.05, 0) is 294 Å². The molecule has 0 spiro atoms. The first-order valence-electron chi connectivity index (χ1n) is 58.2. The standard InChI is InChI=1S/C60H108O10Si3.C60H106O10Si3/c2*1-22-37(2)31-51-41(6)47-35-43(62)34-46-27-30-49-54(65-46)56(69-72(18,19)59(10,11)12)57(70-73(20,21)60(13,14)15)55(67-49)50(68-71(16,17)58(7,8)9)28-24-42(61)23-25-44-33-39(4)48(63-44)29-26-45-32-38(3)40(5)52(64-45)36-53(47)66-51/h24,28,37-38,41-42,44-57,61H,4-5,22-23,25-27,29-36H2,1-3,6-21H3;24,28,37-38,41,44-57H,4-5,22-23,25-27,29-36H2,1-3,6-21H3/b2*28-24+/t37-,38-,41-,42?,44?,45+,46?,47-,48?,49+,50+,51-,52?,53+,54+,55+,56+,57-;37-,38-,41-,44?,45+,46?,47-,48?,49+,50+,51-,52?,53+,54+,55+,56+,57-/m11/s1. The molecule has 1 N–H and O–H groups in total. The van der Waals surface area contributed by atoms with E-state index in [4.69, 9.17) is 73.9 Å². The van der Waals surface area contributed by atoms with Crippen molar-refractivity contribution in [1.29, 1.82) is 0 Å². The summed E-state index contributed by atoms with van der Waals surface area (Å²) >= 11 is 0. The number of ether oxygens (including phenoxy) is 10. The largest absolute Gasteiger partial charge is 0.408 e. The molecule has 0 aliphatic carbocycles. The van der Waals surface area contributed by atoms with Gasteiger partial charge in [0.25, 0.3) is 0 Å². The molecule has 0 amide bonds. The van der Waals surface area contributed by atoms with Gasteiger partial charge in [0.2, 0.25) is 0 Å². The molecule has 20 nitrogen and oxygen atoms in total. The number of aliphatic hydroxyl groups is 1. The molecule has 10 saturated heterocycles. The summed E-state index contributed by atoms with van der Waals surface area (Å²) in [5.74, 6) is 2.72. The molecular formula is C120H214O20Si6. The number of carbonyl (C=O) groups excluding carboxylic acids is 3. The van der Waals surface area contributed by atoms with Crippen molar-refractivity contribution in [3.63, 3.8) is 0 Å². The topological polar surface area (TPSA) is 219 Å². The third-order valence-corrected chi connectivity index (χ3v) is 66.7. The van der Waals surface area contributed by atoms with Crippen LogP contribution in [0.3, 0.4) is 0 Å². The lowest BCUT2D eigenvalue weighted by Crippen LogP contribution is -2.69. The van der Waals surface area contributed by atoms with Gasteiger partial charge in [0.05, 0.1) is 116 Å². The highest BCUT2D eigenvalue weighted by atomic mass is 28.4. The highest BCUT2D eigenvalue weighted by molar-refractivity contribution is 6.76. The zero-order valence-electron chi connectivity index (χ0n) is 99.4. The van der Waals surface area contributed by atoms with E-state index in [1.807, 2.05) is 12.2 Å². The maximum Gasteiger partial charge on any atom is 0.193 e. The number of Topliss-reactive ketones (excluding diaryl/α,β-unsaturated/α-hetero) is 2. The van der Waals surface area contributed by atoms with E-state index >= 15 is 0 Å². The maximum absolute atomic E-state index is 14.8. The van der Waals surface area contributed by atoms with Gasteiger partial charge in [-0.1, -0.05) is 237 Å². The summed E-state index contributed by atoms with van der Waals surface area (Å²) in [6, 6.07) is 0. The van der Waals surface area contributed by atoms with Gasteiger partial charge in [0, 0.05) is 44.9 Å². The van der Waals surface area contributed by atoms with Gasteiger partial charge in [-0.15, -0.1) is 0 Å². The molecule has 35 atom stereocenters. The van der Waals surface area contributed by atoms with Crippen molar-refractivity contribution in [1.82, 2.24) is 0 Å². The number of hydrogen-bond donors (Lipinski definition) is 1. The van der Waals surface area contributed by atoms with Gasteiger partial charge in [0.15, 0.2) is 55.7 Å². The molecule has 0 radical (unpaired) electrons. The molecule has 146 heavy (non-hydrogen) atoms. The zero-order valence-corrected chi connectivity index (χ0v) is 105. The first-order chi connectivity index (χ1) is 67.2. The van der Waals surface area contributed by atoms with E-state index < -0.39 is 117 Å². The van der Waals surface area contributed by atoms with Crippen LogP contribution in [-0.2, 0) is 88.3 Å². The van der Waals surface area contributed by atoms with E-state index in [0.717, 1.165) is 112 Å². The number of allylic oxidation sites excluding steroid dienone is 1. The van der Waals surface area contributed by atoms with Gasteiger partial charge in [0.1, 0.15) is 60.4 Å². The molecule has 0 aromatic carbocycles. The van der Waals surface area contributed by atoms with Crippen molar-refractivity contribution in [2.24, 2.45) is 47.3 Å². The molecule has 0 aromatic heterocycles. The Kier molecular flexibility index (Phi) is 41.9. The first-order valence-corrected chi connectivity index (χ1v) is 75.6. The van der Waals surface area contributed by atoms with Crippen LogP contribution in [0, 0.1) is 47.3 Å². The van der Waals surface area contributed by atoms with Crippen LogP contribution in [0.1, 0.15) is 347 Å². The summed E-state index contributed by atoms with van der Waals surface area (Å²) in [4.78, 5) is 43.7. The Balaban J connectivity index is 0.000000278. The molecule has 16 aliphatic rings. The lowest BCUT2D eigenvalue weighted by Gasteiger charge is -2.56. The Morgan fingerprint density at radius 2 is 0.651 bits per heavy atom. The fourth-order valence-corrected chi connectivity index (χ4v) is 30.8. The van der Waals surface area contributed by atoms with Crippen molar-refractivity contribution < 1.29 is 93.4 Å². The van der Waals surface area contributed by atoms with E-state index in [0.29, 0.717) is 101 Å². The van der Waals surface area contributed by atoms with E-state index in [-0.39, 0.29) is 169 Å². The van der Waals surface area contributed by atoms with Gasteiger partial charge >= 0.3 is 0 Å². The predicted octanol–water partition coefficient (Wildman–Crippen LogP) is 28.7. The van der Waals surface area contributed by atoms with E-state index in [9.17, 15) is 19.5 Å². The molecule has 0 aromatic rings. The summed E-state index contributed by atoms with van der Waals surface area (Å²) in [6.07, 6.45) is 19.0. The summed E-state index contributed by atoms with van der Waals surface area (Å²) in [6.45, 7) is 105. The number of rotatable bonds is 18. The Bertz CT molecular complexity index is 4380. The predicted molar refractivity (Wildman–Crippen MR) is 608 cm³/mol. The van der Waals surface area contributed by atoms with E-state index in [1.165, 1.54) is 0 Å². The fourth-order valence-electron chi connectivity index (χ4n) is 23.1. The Labute approximate surface area is 895 Å². The lowest BCUT2D eigenvalue weighted by molar-refractivity contribution is -0.266. The van der Waals surface area contributed by atoms with Crippen LogP contribution in [0.5, 0.6) is 0 Å². The van der Waals surface area contributed by atoms with Crippen LogP contribution in [0.15, 0.2) is 72.9 Å². The second-order valence-corrected chi connectivity index (χ2v) is 86.0. The van der Waals surface area contributed by atoms with Crippen molar-refractivity contribution in [3.05, 3.63) is 72.9 Å². The number of aliphatic hydroxyl groups excluding tert-OH is 1. The molecule has 16 rings (SSSR count). The third kappa shape index (κ3) is 31.0. The molecule has 838 valence electrons. The van der Waals surface area contributed by atoms with E-state index in [2.05, 4.69) is 291 Å². The quantitative estimate of drug-likeness (QED) is 0.0996. The summed E-state index contributed by atoms with van der Waals surface area (Å²) < 4.78 is 117. The monoisotopic (exact) mass is 2140 g/mol. The minimum Gasteiger partial charge on any atom is -0.408 e. The molecule has 16 bridgehead atoms. The van der Waals surface area contributed by atoms with Gasteiger partial charge < -0.3 is 79.0 Å². The highest BCUT2D eigenvalue weighted by Crippen LogP contribution is 2.55. The second-order valence-electron chi connectivity index (χ2n) is 57.5. The summed E-state index contributed by atoms with van der Waals surface area (Å²) in [7, 11) is -15.0. The van der Waals surface area contributed by atoms with Gasteiger partial charge in [-0.3, -0.25) is 14.4 Å². The van der Waals surface area contributed by atoms with Crippen LogP contribution in [-0.4, -0.2) is 237 Å². The summed E-state index contributed by atoms with van der Waals surface area (Å²) in [5, 5.41) is 11.2. The van der Waals surface area contributed by atoms with Crippen molar-refractivity contribution in [3.8, 4) is 0 Å². The molecule has 10 fully saturated rings. The van der Waals surface area contributed by atoms with Crippen LogP contribution < -0.4 is 0 Å². The van der Waals surface area contributed by atoms with Gasteiger partial charge in [-0.2, -0.15) is 0 Å². The Hall–Kier alpha value is -1.93. The first kappa shape index (κ1) is 124. The average Bonchev–Trinajstić information content (AvgIpc) is 1.22. The van der Waals surface area contributed by atoms with Gasteiger partial charge in [-0.25, -0.2) is 0 Å². The fraction of sp³-hybridized carbons (Fsp3) is 0.875. The minimum atomic E-state index is -2.54. The van der Waals surface area contributed by atoms with Crippen LogP contribution >= 0.6 is 0 Å². The number of fused-ring (bicyclic) bond motifs is 4. The average molecular weight is 2150 g/mol. The van der Waals surface area contributed by atoms with Crippen LogP contribution in [0.25, 0.3) is 0 Å². The van der Waals surface area contributed by atoms with Crippen molar-refractivity contribution >= 4 is 67.3 Å². The summed E-state index contributed by atoms with van der Waals surface area (Å²) in [5.41, 5.74) is 4.48. The van der Waals surface area contributed by atoms with Crippen molar-refractivity contribution in [2.45, 2.75) is 621 Å². The Morgan fingerprint density at radius 1 is 0.342 bits per heavy atom. The second kappa shape index (κ2) is 49.3.